The number of halogens is 4. The topological polar surface area (TPSA) is 55.4 Å². The van der Waals surface area contributed by atoms with E-state index in [9.17, 15) is 21.6 Å². The number of para-hydroxylation sites is 1. The fourth-order valence-electron chi connectivity index (χ4n) is 1.86. The summed E-state index contributed by atoms with van der Waals surface area (Å²) >= 11 is 5.50. The average molecular weight is 366 g/mol. The summed E-state index contributed by atoms with van der Waals surface area (Å²) in [6.45, 7) is 0. The van der Waals surface area contributed by atoms with Crippen LogP contribution in [0.1, 0.15) is 5.56 Å². The average Bonchev–Trinajstić information content (AvgIpc) is 2.48. The monoisotopic (exact) mass is 365 g/mol. The molecular formula is C14H11ClF3NO3S. The quantitative estimate of drug-likeness (QED) is 0.884. The highest BCUT2D eigenvalue weighted by molar-refractivity contribution is 7.92. The van der Waals surface area contributed by atoms with Crippen molar-refractivity contribution >= 4 is 27.3 Å². The molecule has 0 aliphatic rings. The molecule has 4 nitrogen and oxygen atoms in total. The predicted molar refractivity (Wildman–Crippen MR) is 80.3 cm³/mol. The second kappa shape index (κ2) is 6.29. The van der Waals surface area contributed by atoms with E-state index in [0.717, 1.165) is 12.1 Å². The van der Waals surface area contributed by atoms with Gasteiger partial charge >= 0.3 is 6.18 Å². The van der Waals surface area contributed by atoms with E-state index in [1.807, 2.05) is 0 Å². The number of nitrogens with one attached hydrogen (secondary N) is 1. The molecule has 2 aromatic carbocycles. The predicted octanol–water partition coefficient (Wildman–Crippen LogP) is 4.17. The van der Waals surface area contributed by atoms with Crippen molar-refractivity contribution in [3.8, 4) is 5.75 Å². The molecule has 0 bridgehead atoms. The van der Waals surface area contributed by atoms with Crippen LogP contribution in [0.5, 0.6) is 5.75 Å². The van der Waals surface area contributed by atoms with Crippen LogP contribution in [0.4, 0.5) is 18.9 Å². The second-order valence-electron chi connectivity index (χ2n) is 4.45. The smallest absolute Gasteiger partial charge is 0.417 e. The summed E-state index contributed by atoms with van der Waals surface area (Å²) in [7, 11) is -2.83. The molecule has 0 saturated heterocycles. The Morgan fingerprint density at radius 1 is 1.13 bits per heavy atom. The van der Waals surface area contributed by atoms with Crippen molar-refractivity contribution in [2.45, 2.75) is 11.1 Å². The third-order valence-electron chi connectivity index (χ3n) is 2.88. The third-order valence-corrected chi connectivity index (χ3v) is 4.63. The molecule has 0 fully saturated rings. The lowest BCUT2D eigenvalue weighted by molar-refractivity contribution is -0.137. The van der Waals surface area contributed by atoms with E-state index in [-0.39, 0.29) is 16.3 Å². The number of hydrogen-bond acceptors (Lipinski definition) is 3. The minimum absolute atomic E-state index is 0.0741. The first kappa shape index (κ1) is 17.4. The lowest BCUT2D eigenvalue weighted by atomic mass is 10.2. The van der Waals surface area contributed by atoms with Crippen LogP contribution in [-0.2, 0) is 16.2 Å². The highest BCUT2D eigenvalue weighted by Gasteiger charge is 2.33. The molecule has 0 aliphatic carbocycles. The van der Waals surface area contributed by atoms with Crippen LogP contribution in [0.2, 0.25) is 5.02 Å². The number of hydrogen-bond donors (Lipinski definition) is 1. The summed E-state index contributed by atoms with van der Waals surface area (Å²) in [5.74, 6) is 0.0741. The maximum absolute atomic E-state index is 12.8. The number of sulfonamides is 1. The molecule has 0 unspecified atom stereocenters. The van der Waals surface area contributed by atoms with Gasteiger partial charge in [0.05, 0.1) is 17.7 Å². The molecular weight excluding hydrogens is 355 g/mol. The minimum Gasteiger partial charge on any atom is -0.495 e. The van der Waals surface area contributed by atoms with Crippen molar-refractivity contribution < 1.29 is 26.3 Å². The molecule has 1 N–H and O–H groups in total. The van der Waals surface area contributed by atoms with Crippen molar-refractivity contribution in [2.24, 2.45) is 0 Å². The van der Waals surface area contributed by atoms with Gasteiger partial charge in [-0.15, -0.1) is 0 Å². The van der Waals surface area contributed by atoms with Crippen molar-refractivity contribution in [1.82, 2.24) is 0 Å². The Hall–Kier alpha value is -1.93. The molecule has 0 amide bonds. The fraction of sp³-hybridized carbons (Fsp3) is 0.143. The van der Waals surface area contributed by atoms with Gasteiger partial charge in [-0.2, -0.15) is 13.2 Å². The van der Waals surface area contributed by atoms with Gasteiger partial charge in [-0.25, -0.2) is 8.42 Å². The Labute approximate surface area is 135 Å². The molecule has 0 radical (unpaired) electrons. The molecule has 0 aromatic heterocycles. The van der Waals surface area contributed by atoms with Gasteiger partial charge in [-0.3, -0.25) is 4.72 Å². The van der Waals surface area contributed by atoms with Crippen LogP contribution in [0.3, 0.4) is 0 Å². The first-order valence-corrected chi connectivity index (χ1v) is 8.04. The van der Waals surface area contributed by atoms with Crippen molar-refractivity contribution in [1.29, 1.82) is 0 Å². The van der Waals surface area contributed by atoms with Gasteiger partial charge in [0.25, 0.3) is 10.0 Å². The molecule has 0 saturated carbocycles. The molecule has 0 atom stereocenters. The van der Waals surface area contributed by atoms with Gasteiger partial charge in [0.2, 0.25) is 0 Å². The van der Waals surface area contributed by atoms with Crippen LogP contribution in [-0.4, -0.2) is 15.5 Å². The van der Waals surface area contributed by atoms with Gasteiger partial charge in [0.1, 0.15) is 10.6 Å². The second-order valence-corrected chi connectivity index (χ2v) is 6.51. The molecule has 23 heavy (non-hydrogen) atoms. The number of benzene rings is 2. The minimum atomic E-state index is -4.69. The van der Waals surface area contributed by atoms with Crippen LogP contribution in [0, 0.1) is 0 Å². The zero-order valence-corrected chi connectivity index (χ0v) is 13.3. The zero-order valence-electron chi connectivity index (χ0n) is 11.7. The van der Waals surface area contributed by atoms with Gasteiger partial charge in [-0.1, -0.05) is 23.7 Å². The van der Waals surface area contributed by atoms with Crippen molar-refractivity contribution in [3.05, 3.63) is 53.1 Å². The maximum atomic E-state index is 12.8. The summed E-state index contributed by atoms with van der Waals surface area (Å²) in [5, 5.41) is -0.516. The molecule has 0 heterocycles. The van der Waals surface area contributed by atoms with Gasteiger partial charge in [0.15, 0.2) is 0 Å². The number of rotatable bonds is 4. The Balaban J connectivity index is 2.42. The highest BCUT2D eigenvalue weighted by Crippen LogP contribution is 2.36. The Morgan fingerprint density at radius 3 is 2.39 bits per heavy atom. The summed E-state index contributed by atoms with van der Waals surface area (Å²) < 4.78 is 70.1. The van der Waals surface area contributed by atoms with E-state index >= 15 is 0 Å². The van der Waals surface area contributed by atoms with Gasteiger partial charge in [-0.05, 0) is 30.3 Å². The lowest BCUT2D eigenvalue weighted by Gasteiger charge is -2.14. The van der Waals surface area contributed by atoms with Crippen molar-refractivity contribution in [3.63, 3.8) is 0 Å². The summed E-state index contributed by atoms with van der Waals surface area (Å²) in [6.07, 6.45) is -4.69. The first-order valence-electron chi connectivity index (χ1n) is 6.18. The molecule has 2 rings (SSSR count). The summed E-state index contributed by atoms with van der Waals surface area (Å²) in [4.78, 5) is -0.189. The van der Waals surface area contributed by atoms with E-state index < -0.39 is 26.8 Å². The van der Waals surface area contributed by atoms with Gasteiger partial charge < -0.3 is 4.74 Å². The van der Waals surface area contributed by atoms with E-state index in [1.54, 1.807) is 6.07 Å². The van der Waals surface area contributed by atoms with E-state index in [1.165, 1.54) is 25.3 Å². The molecule has 0 aliphatic heterocycles. The Kier molecular flexibility index (Phi) is 4.76. The van der Waals surface area contributed by atoms with Crippen LogP contribution in [0.25, 0.3) is 0 Å². The van der Waals surface area contributed by atoms with Crippen LogP contribution in [0.15, 0.2) is 47.4 Å². The lowest BCUT2D eigenvalue weighted by Crippen LogP contribution is -2.15. The Morgan fingerprint density at radius 2 is 1.78 bits per heavy atom. The zero-order chi connectivity index (χ0) is 17.3. The third kappa shape index (κ3) is 3.89. The Bertz CT molecular complexity index is 822. The van der Waals surface area contributed by atoms with Crippen molar-refractivity contribution in [2.75, 3.05) is 11.8 Å². The van der Waals surface area contributed by atoms with E-state index in [0.29, 0.717) is 6.07 Å². The van der Waals surface area contributed by atoms with E-state index in [2.05, 4.69) is 4.72 Å². The number of alkyl halides is 3. The summed E-state index contributed by atoms with van der Waals surface area (Å²) in [6, 6.07) is 8.51. The number of ether oxygens (including phenoxy) is 1. The molecule has 2 aromatic rings. The molecule has 124 valence electrons. The largest absolute Gasteiger partial charge is 0.495 e. The maximum Gasteiger partial charge on any atom is 0.417 e. The van der Waals surface area contributed by atoms with Crippen LogP contribution < -0.4 is 9.46 Å². The van der Waals surface area contributed by atoms with Gasteiger partial charge in [0, 0.05) is 5.69 Å². The van der Waals surface area contributed by atoms with E-state index in [4.69, 9.17) is 16.3 Å². The van der Waals surface area contributed by atoms with Crippen LogP contribution >= 0.6 is 11.6 Å². The first-order chi connectivity index (χ1) is 10.6. The number of methoxy groups -OCH3 is 1. The SMILES string of the molecule is COc1ccccc1S(=O)(=O)Nc1ccc(Cl)c(C(F)(F)F)c1. The molecule has 9 heteroatoms. The standard InChI is InChI=1S/C14H11ClF3NO3S/c1-22-12-4-2-3-5-13(12)23(20,21)19-9-6-7-11(15)10(8-9)14(16,17)18/h2-8,19H,1H3. The summed E-state index contributed by atoms with van der Waals surface area (Å²) in [5.41, 5.74) is -1.38. The fourth-order valence-corrected chi connectivity index (χ4v) is 3.30. The normalized spacial score (nSPS) is 12.0. The number of anilines is 1. The highest BCUT2D eigenvalue weighted by atomic mass is 35.5. The molecule has 0 spiro atoms.